The first-order chi connectivity index (χ1) is 16.5. The van der Waals surface area contributed by atoms with Crippen LogP contribution in [0.2, 0.25) is 5.02 Å². The van der Waals surface area contributed by atoms with Crippen LogP contribution in [0, 0.1) is 6.92 Å². The molecule has 1 aliphatic rings. The molecule has 2 N–H and O–H groups in total. The van der Waals surface area contributed by atoms with Gasteiger partial charge in [-0.15, -0.1) is 0 Å². The number of hydrogen-bond donors (Lipinski definition) is 2. The number of benzene rings is 2. The minimum Gasteiger partial charge on any atom is -0.507 e. The molecule has 1 aliphatic heterocycles. The van der Waals surface area contributed by atoms with E-state index >= 15 is 0 Å². The quantitative estimate of drug-likeness (QED) is 0.396. The van der Waals surface area contributed by atoms with Gasteiger partial charge in [0.25, 0.3) is 5.91 Å². The Kier molecular flexibility index (Phi) is 5.71. The number of aromatic nitrogens is 3. The molecule has 3 heterocycles. The average Bonchev–Trinajstić information content (AvgIpc) is 3.37. The van der Waals surface area contributed by atoms with Gasteiger partial charge in [-0.3, -0.25) is 14.9 Å². The zero-order valence-corrected chi connectivity index (χ0v) is 19.5. The van der Waals surface area contributed by atoms with E-state index < -0.39 is 6.04 Å². The average molecular weight is 475 g/mol. The third kappa shape index (κ3) is 3.78. The number of aryl methyl sites for hydroxylation is 1. The van der Waals surface area contributed by atoms with Gasteiger partial charge < -0.3 is 14.7 Å². The topological polar surface area (TPSA) is 91.3 Å². The largest absolute Gasteiger partial charge is 0.507 e. The highest BCUT2D eigenvalue weighted by Gasteiger charge is 2.42. The molecule has 0 saturated carbocycles. The number of rotatable bonds is 6. The van der Waals surface area contributed by atoms with Gasteiger partial charge in [0.15, 0.2) is 0 Å². The highest BCUT2D eigenvalue weighted by Crippen LogP contribution is 2.46. The monoisotopic (exact) mass is 474 g/mol. The van der Waals surface area contributed by atoms with Crippen LogP contribution in [0.15, 0.2) is 60.9 Å². The van der Waals surface area contributed by atoms with E-state index in [4.69, 9.17) is 16.3 Å². The van der Waals surface area contributed by atoms with Gasteiger partial charge in [0.1, 0.15) is 22.9 Å². The third-order valence-corrected chi connectivity index (χ3v) is 6.39. The number of amides is 1. The van der Waals surface area contributed by atoms with Crippen molar-refractivity contribution in [2.24, 2.45) is 0 Å². The second-order valence-electron chi connectivity index (χ2n) is 8.18. The van der Waals surface area contributed by atoms with E-state index in [1.165, 1.54) is 0 Å². The Labute approximate surface area is 202 Å². The van der Waals surface area contributed by atoms with Crippen LogP contribution in [-0.2, 0) is 6.54 Å². The van der Waals surface area contributed by atoms with Gasteiger partial charge >= 0.3 is 0 Å². The van der Waals surface area contributed by atoms with E-state index in [1.807, 2.05) is 50.2 Å². The predicted octanol–water partition coefficient (Wildman–Crippen LogP) is 5.28. The molecule has 1 unspecified atom stereocenters. The Morgan fingerprint density at radius 3 is 2.71 bits per heavy atom. The highest BCUT2D eigenvalue weighted by atomic mass is 35.5. The molecule has 8 heteroatoms. The molecular formula is C26H23ClN4O3. The summed E-state index contributed by atoms with van der Waals surface area (Å²) in [5.74, 6) is 0.638. The Bertz CT molecular complexity index is 1350. The molecule has 2 aromatic heterocycles. The third-order valence-electron chi connectivity index (χ3n) is 5.98. The summed E-state index contributed by atoms with van der Waals surface area (Å²) in [6.45, 7) is 4.69. The maximum Gasteiger partial charge on any atom is 0.273 e. The fourth-order valence-corrected chi connectivity index (χ4v) is 4.53. The van der Waals surface area contributed by atoms with E-state index in [0.29, 0.717) is 40.7 Å². The number of phenolic OH excluding ortho intramolecular Hbond substituents is 1. The van der Waals surface area contributed by atoms with Crippen molar-refractivity contribution in [1.29, 1.82) is 0 Å². The molecule has 5 rings (SSSR count). The molecule has 1 amide bonds. The number of H-pyrrole nitrogens is 1. The Balaban J connectivity index is 1.65. The first kappa shape index (κ1) is 22.0. The van der Waals surface area contributed by atoms with Crippen molar-refractivity contribution < 1.29 is 14.6 Å². The number of aromatic amines is 1. The molecular weight excluding hydrogens is 452 g/mol. The van der Waals surface area contributed by atoms with Gasteiger partial charge in [-0.1, -0.05) is 29.8 Å². The standard InChI is InChI=1S/C26H23ClN4O3/c1-3-34-18-8-6-17(7-9-18)25-22-23(19-12-20(27)15(2)11-21(19)32)29-30-24(22)26(33)31(25)14-16-5-4-10-28-13-16/h4-13,25,32H,3,14H2,1-2H3,(H,29,30). The van der Waals surface area contributed by atoms with Crippen LogP contribution < -0.4 is 4.74 Å². The van der Waals surface area contributed by atoms with Crippen LogP contribution >= 0.6 is 11.6 Å². The van der Waals surface area contributed by atoms with Gasteiger partial charge in [0.2, 0.25) is 0 Å². The molecule has 0 bridgehead atoms. The first-order valence-electron chi connectivity index (χ1n) is 11.0. The number of hydrogen-bond acceptors (Lipinski definition) is 5. The molecule has 172 valence electrons. The van der Waals surface area contributed by atoms with Gasteiger partial charge in [0, 0.05) is 35.1 Å². The number of halogens is 1. The number of nitrogens with zero attached hydrogens (tertiary/aromatic N) is 3. The van der Waals surface area contributed by atoms with Crippen molar-refractivity contribution in [3.8, 4) is 22.8 Å². The summed E-state index contributed by atoms with van der Waals surface area (Å²) in [6, 6.07) is 14.3. The van der Waals surface area contributed by atoms with E-state index in [-0.39, 0.29) is 11.7 Å². The number of pyridine rings is 1. The summed E-state index contributed by atoms with van der Waals surface area (Å²) in [6.07, 6.45) is 3.45. The number of carbonyl (C=O) groups excluding carboxylic acids is 1. The molecule has 0 aliphatic carbocycles. The number of ether oxygens (including phenoxy) is 1. The summed E-state index contributed by atoms with van der Waals surface area (Å²) in [5.41, 5.74) is 4.64. The minimum atomic E-state index is -0.424. The molecule has 0 radical (unpaired) electrons. The Morgan fingerprint density at radius 2 is 2.00 bits per heavy atom. The molecule has 2 aromatic carbocycles. The molecule has 0 fully saturated rings. The Morgan fingerprint density at radius 1 is 1.21 bits per heavy atom. The van der Waals surface area contributed by atoms with Crippen LogP contribution in [-0.4, -0.2) is 37.7 Å². The fraction of sp³-hybridized carbons (Fsp3) is 0.192. The molecule has 34 heavy (non-hydrogen) atoms. The second kappa shape index (κ2) is 8.83. The summed E-state index contributed by atoms with van der Waals surface area (Å²) < 4.78 is 5.60. The smallest absolute Gasteiger partial charge is 0.273 e. The summed E-state index contributed by atoms with van der Waals surface area (Å²) in [5, 5.41) is 18.5. The lowest BCUT2D eigenvalue weighted by molar-refractivity contribution is 0.0730. The van der Waals surface area contributed by atoms with Crippen LogP contribution in [0.25, 0.3) is 11.3 Å². The molecule has 1 atom stereocenters. The zero-order chi connectivity index (χ0) is 23.8. The summed E-state index contributed by atoms with van der Waals surface area (Å²) in [7, 11) is 0. The summed E-state index contributed by atoms with van der Waals surface area (Å²) in [4.78, 5) is 19.5. The first-order valence-corrected chi connectivity index (χ1v) is 11.4. The van der Waals surface area contributed by atoms with Crippen LogP contribution in [0.1, 0.15) is 45.7 Å². The fourth-order valence-electron chi connectivity index (χ4n) is 4.37. The lowest BCUT2D eigenvalue weighted by Gasteiger charge is -2.26. The maximum atomic E-state index is 13.5. The van der Waals surface area contributed by atoms with Crippen molar-refractivity contribution in [1.82, 2.24) is 20.1 Å². The summed E-state index contributed by atoms with van der Waals surface area (Å²) >= 11 is 6.37. The molecule has 0 spiro atoms. The zero-order valence-electron chi connectivity index (χ0n) is 18.7. The van der Waals surface area contributed by atoms with E-state index in [0.717, 1.165) is 22.4 Å². The van der Waals surface area contributed by atoms with Crippen LogP contribution in [0.3, 0.4) is 0 Å². The van der Waals surface area contributed by atoms with Gasteiger partial charge in [-0.25, -0.2) is 0 Å². The lowest BCUT2D eigenvalue weighted by atomic mass is 9.95. The van der Waals surface area contributed by atoms with Crippen molar-refractivity contribution in [3.05, 3.63) is 93.9 Å². The van der Waals surface area contributed by atoms with Crippen molar-refractivity contribution >= 4 is 17.5 Å². The van der Waals surface area contributed by atoms with Gasteiger partial charge in [-0.2, -0.15) is 5.10 Å². The number of aromatic hydroxyl groups is 1. The van der Waals surface area contributed by atoms with Gasteiger partial charge in [-0.05, 0) is 60.9 Å². The molecule has 0 saturated heterocycles. The van der Waals surface area contributed by atoms with E-state index in [2.05, 4.69) is 15.2 Å². The maximum absolute atomic E-state index is 13.5. The van der Waals surface area contributed by atoms with Crippen molar-refractivity contribution in [3.63, 3.8) is 0 Å². The number of fused-ring (bicyclic) bond motifs is 1. The number of nitrogens with one attached hydrogen (secondary N) is 1. The van der Waals surface area contributed by atoms with Crippen molar-refractivity contribution in [2.45, 2.75) is 26.4 Å². The van der Waals surface area contributed by atoms with Gasteiger partial charge in [0.05, 0.1) is 12.6 Å². The lowest BCUT2D eigenvalue weighted by Crippen LogP contribution is -2.29. The second-order valence-corrected chi connectivity index (χ2v) is 8.59. The SMILES string of the molecule is CCOc1ccc(C2c3c(-c4cc(Cl)c(C)cc4O)n[nH]c3C(=O)N2Cc2cccnc2)cc1. The van der Waals surface area contributed by atoms with Crippen LogP contribution in [0.5, 0.6) is 11.5 Å². The van der Waals surface area contributed by atoms with Crippen molar-refractivity contribution in [2.75, 3.05) is 6.61 Å². The molecule has 7 nitrogen and oxygen atoms in total. The minimum absolute atomic E-state index is 0.0554. The Hall–Kier alpha value is -3.84. The normalized spacial score (nSPS) is 15.0. The molecule has 4 aromatic rings. The van der Waals surface area contributed by atoms with Crippen LogP contribution in [0.4, 0.5) is 0 Å². The highest BCUT2D eigenvalue weighted by molar-refractivity contribution is 6.31. The number of carbonyl (C=O) groups is 1. The van der Waals surface area contributed by atoms with E-state index in [9.17, 15) is 9.90 Å². The number of phenols is 1. The predicted molar refractivity (Wildman–Crippen MR) is 129 cm³/mol. The van der Waals surface area contributed by atoms with E-state index in [1.54, 1.807) is 29.4 Å².